The molecule has 0 spiro atoms. The predicted molar refractivity (Wildman–Crippen MR) is 104 cm³/mol. The number of carbonyl (C=O) groups is 2. The Morgan fingerprint density at radius 2 is 1.77 bits per heavy atom. The van der Waals surface area contributed by atoms with Crippen molar-refractivity contribution < 1.29 is 9.59 Å². The largest absolute Gasteiger partial charge is 0.356 e. The molecule has 2 amide bonds. The molecule has 0 aliphatic carbocycles. The molecule has 3 aromatic rings. The molecule has 0 fully saturated rings. The van der Waals surface area contributed by atoms with E-state index in [4.69, 9.17) is 0 Å². The minimum atomic E-state index is -0.167. The van der Waals surface area contributed by atoms with Crippen LogP contribution in [0.1, 0.15) is 22.8 Å². The Labute approximate surface area is 156 Å². The van der Waals surface area contributed by atoms with Crippen LogP contribution in [0.5, 0.6) is 0 Å². The maximum absolute atomic E-state index is 12.2. The average molecular weight is 365 g/mol. The highest BCUT2D eigenvalue weighted by Crippen LogP contribution is 2.25. The van der Waals surface area contributed by atoms with Crippen LogP contribution in [0.3, 0.4) is 0 Å². The Morgan fingerprint density at radius 3 is 2.46 bits per heavy atom. The number of rotatable bonds is 6. The molecule has 132 valence electrons. The molecule has 1 heterocycles. The SMILES string of the molecule is CC(=O)NCCc1ccc(-c2csc(NC(=O)c3ccccc3)n2)cc1. The lowest BCUT2D eigenvalue weighted by molar-refractivity contribution is -0.118. The summed E-state index contributed by atoms with van der Waals surface area (Å²) in [6.45, 7) is 2.14. The zero-order chi connectivity index (χ0) is 18.4. The van der Waals surface area contributed by atoms with E-state index in [1.807, 2.05) is 47.8 Å². The van der Waals surface area contributed by atoms with E-state index in [2.05, 4.69) is 15.6 Å². The number of nitrogens with zero attached hydrogens (tertiary/aromatic N) is 1. The Kier molecular flexibility index (Phi) is 5.76. The number of hydrogen-bond donors (Lipinski definition) is 2. The summed E-state index contributed by atoms with van der Waals surface area (Å²) in [6, 6.07) is 17.1. The summed E-state index contributed by atoms with van der Waals surface area (Å²) < 4.78 is 0. The predicted octanol–water partition coefficient (Wildman–Crippen LogP) is 3.74. The molecule has 0 radical (unpaired) electrons. The molecule has 0 unspecified atom stereocenters. The van der Waals surface area contributed by atoms with Gasteiger partial charge in [-0.25, -0.2) is 4.98 Å². The van der Waals surface area contributed by atoms with Crippen molar-refractivity contribution in [2.24, 2.45) is 0 Å². The maximum Gasteiger partial charge on any atom is 0.257 e. The molecule has 26 heavy (non-hydrogen) atoms. The fourth-order valence-electron chi connectivity index (χ4n) is 2.45. The van der Waals surface area contributed by atoms with Gasteiger partial charge >= 0.3 is 0 Å². The number of aromatic nitrogens is 1. The van der Waals surface area contributed by atoms with Crippen LogP contribution in [0.15, 0.2) is 60.0 Å². The van der Waals surface area contributed by atoms with Crippen LogP contribution in [0.4, 0.5) is 5.13 Å². The van der Waals surface area contributed by atoms with E-state index in [0.717, 1.165) is 23.2 Å². The minimum absolute atomic E-state index is 0.0193. The van der Waals surface area contributed by atoms with E-state index in [9.17, 15) is 9.59 Å². The van der Waals surface area contributed by atoms with Crippen LogP contribution in [0.25, 0.3) is 11.3 Å². The van der Waals surface area contributed by atoms with Gasteiger partial charge in [0.2, 0.25) is 5.91 Å². The van der Waals surface area contributed by atoms with Crippen LogP contribution in [-0.4, -0.2) is 23.3 Å². The molecule has 0 bridgehead atoms. The van der Waals surface area contributed by atoms with Gasteiger partial charge in [0.1, 0.15) is 0 Å². The summed E-state index contributed by atoms with van der Waals surface area (Å²) in [5, 5.41) is 8.11. The van der Waals surface area contributed by atoms with Crippen LogP contribution < -0.4 is 10.6 Å². The first-order valence-corrected chi connectivity index (χ1v) is 9.15. The highest BCUT2D eigenvalue weighted by molar-refractivity contribution is 7.14. The van der Waals surface area contributed by atoms with Gasteiger partial charge < -0.3 is 5.32 Å². The molecule has 0 aliphatic rings. The van der Waals surface area contributed by atoms with Crippen molar-refractivity contribution in [1.82, 2.24) is 10.3 Å². The topological polar surface area (TPSA) is 71.1 Å². The van der Waals surface area contributed by atoms with Gasteiger partial charge in [-0.05, 0) is 24.1 Å². The van der Waals surface area contributed by atoms with Gasteiger partial charge in [-0.3, -0.25) is 14.9 Å². The van der Waals surface area contributed by atoms with Crippen molar-refractivity contribution in [3.63, 3.8) is 0 Å². The van der Waals surface area contributed by atoms with E-state index >= 15 is 0 Å². The quantitative estimate of drug-likeness (QED) is 0.699. The van der Waals surface area contributed by atoms with Gasteiger partial charge in [0, 0.05) is 30.0 Å². The minimum Gasteiger partial charge on any atom is -0.356 e. The van der Waals surface area contributed by atoms with Crippen molar-refractivity contribution in [1.29, 1.82) is 0 Å². The van der Waals surface area contributed by atoms with Gasteiger partial charge in [-0.2, -0.15) is 0 Å². The Balaban J connectivity index is 1.62. The van der Waals surface area contributed by atoms with Crippen molar-refractivity contribution in [2.45, 2.75) is 13.3 Å². The number of thiazole rings is 1. The van der Waals surface area contributed by atoms with Crippen LogP contribution in [0.2, 0.25) is 0 Å². The first kappa shape index (κ1) is 17.8. The molecule has 0 aliphatic heterocycles. The number of hydrogen-bond acceptors (Lipinski definition) is 4. The number of amides is 2. The average Bonchev–Trinajstić information content (AvgIpc) is 3.11. The number of nitrogens with one attached hydrogen (secondary N) is 2. The first-order valence-electron chi connectivity index (χ1n) is 8.27. The molecule has 0 atom stereocenters. The third-order valence-corrected chi connectivity index (χ3v) is 4.56. The lowest BCUT2D eigenvalue weighted by Gasteiger charge is -2.04. The Morgan fingerprint density at radius 1 is 1.04 bits per heavy atom. The molecule has 2 aromatic carbocycles. The first-order chi connectivity index (χ1) is 12.6. The molecule has 6 heteroatoms. The number of benzene rings is 2. The monoisotopic (exact) mass is 365 g/mol. The maximum atomic E-state index is 12.2. The fraction of sp³-hybridized carbons (Fsp3) is 0.150. The van der Waals surface area contributed by atoms with Gasteiger partial charge in [-0.1, -0.05) is 42.5 Å². The molecule has 0 saturated heterocycles. The van der Waals surface area contributed by atoms with Gasteiger partial charge in [-0.15, -0.1) is 11.3 Å². The van der Waals surface area contributed by atoms with Crippen molar-refractivity contribution >= 4 is 28.3 Å². The third kappa shape index (κ3) is 4.77. The summed E-state index contributed by atoms with van der Waals surface area (Å²) >= 11 is 1.40. The molecule has 2 N–H and O–H groups in total. The van der Waals surface area contributed by atoms with Crippen LogP contribution in [0, 0.1) is 0 Å². The highest BCUT2D eigenvalue weighted by atomic mass is 32.1. The van der Waals surface area contributed by atoms with Gasteiger partial charge in [0.15, 0.2) is 5.13 Å². The molecular weight excluding hydrogens is 346 g/mol. The lowest BCUT2D eigenvalue weighted by Crippen LogP contribution is -2.22. The summed E-state index contributed by atoms with van der Waals surface area (Å²) in [4.78, 5) is 27.6. The van der Waals surface area contributed by atoms with Crippen molar-refractivity contribution in [2.75, 3.05) is 11.9 Å². The van der Waals surface area contributed by atoms with E-state index in [1.54, 1.807) is 12.1 Å². The normalized spacial score (nSPS) is 10.3. The van der Waals surface area contributed by atoms with Crippen LogP contribution >= 0.6 is 11.3 Å². The lowest BCUT2D eigenvalue weighted by atomic mass is 10.1. The van der Waals surface area contributed by atoms with Crippen molar-refractivity contribution in [3.05, 3.63) is 71.1 Å². The summed E-state index contributed by atoms with van der Waals surface area (Å²) in [6.07, 6.45) is 0.787. The van der Waals surface area contributed by atoms with E-state index in [1.165, 1.54) is 18.3 Å². The molecule has 3 rings (SSSR count). The zero-order valence-electron chi connectivity index (χ0n) is 14.4. The van der Waals surface area contributed by atoms with Crippen molar-refractivity contribution in [3.8, 4) is 11.3 Å². The summed E-state index contributed by atoms with van der Waals surface area (Å²) in [7, 11) is 0. The van der Waals surface area contributed by atoms with E-state index < -0.39 is 0 Å². The standard InChI is InChI=1S/C20H19N3O2S/c1-14(24)21-12-11-15-7-9-16(10-8-15)18-13-26-20(22-18)23-19(25)17-5-3-2-4-6-17/h2-10,13H,11-12H2,1H3,(H,21,24)(H,22,23,25). The zero-order valence-corrected chi connectivity index (χ0v) is 15.2. The highest BCUT2D eigenvalue weighted by Gasteiger charge is 2.09. The number of carbonyl (C=O) groups excluding carboxylic acids is 2. The second-order valence-electron chi connectivity index (χ2n) is 5.79. The molecule has 5 nitrogen and oxygen atoms in total. The summed E-state index contributed by atoms with van der Waals surface area (Å²) in [5.74, 6) is -0.186. The second-order valence-corrected chi connectivity index (χ2v) is 6.65. The Hall–Kier alpha value is -2.99. The number of anilines is 1. The fourth-order valence-corrected chi connectivity index (χ4v) is 3.16. The second kappa shape index (κ2) is 8.40. The van der Waals surface area contributed by atoms with E-state index in [0.29, 0.717) is 17.2 Å². The van der Waals surface area contributed by atoms with Gasteiger partial charge in [0.05, 0.1) is 5.69 Å². The smallest absolute Gasteiger partial charge is 0.257 e. The van der Waals surface area contributed by atoms with E-state index in [-0.39, 0.29) is 11.8 Å². The van der Waals surface area contributed by atoms with Crippen LogP contribution in [-0.2, 0) is 11.2 Å². The summed E-state index contributed by atoms with van der Waals surface area (Å²) in [5.41, 5.74) is 3.57. The molecular formula is C20H19N3O2S. The molecule has 1 aromatic heterocycles. The Bertz CT molecular complexity index is 889. The van der Waals surface area contributed by atoms with Gasteiger partial charge in [0.25, 0.3) is 5.91 Å². The molecule has 0 saturated carbocycles. The third-order valence-electron chi connectivity index (χ3n) is 3.80.